The summed E-state index contributed by atoms with van der Waals surface area (Å²) in [4.78, 5) is 14.0. The number of nitrogens with zero attached hydrogens (tertiary/aromatic N) is 1. The van der Waals surface area contributed by atoms with Gasteiger partial charge in [-0.05, 0) is 12.1 Å². The number of Topliss-reactive ketones (excluding diaryl/α,β-unsaturated/α-hetero) is 1. The van der Waals surface area contributed by atoms with E-state index in [1.165, 1.54) is 12.3 Å². The molecule has 0 saturated carbocycles. The number of rotatable bonds is 4. The first-order valence-corrected chi connectivity index (χ1v) is 7.81. The highest BCUT2D eigenvalue weighted by atomic mass is 32.2. The first-order chi connectivity index (χ1) is 9.72. The number of nitrogen functional groups attached to an aromatic ring is 1. The minimum Gasteiger partial charge on any atom is -0.394 e. The molecule has 2 aromatic rings. The Kier molecular flexibility index (Phi) is 3.92. The summed E-state index contributed by atoms with van der Waals surface area (Å²) in [7, 11) is -4.33. The quantitative estimate of drug-likeness (QED) is 0.658. The van der Waals surface area contributed by atoms with Crippen LogP contribution in [-0.2, 0) is 10.0 Å². The molecule has 0 saturated heterocycles. The molecule has 1 aromatic heterocycles. The molecule has 2 rings (SSSR count). The molecule has 0 aliphatic heterocycles. The van der Waals surface area contributed by atoms with Crippen molar-refractivity contribution in [2.45, 2.75) is 11.8 Å². The summed E-state index contributed by atoms with van der Waals surface area (Å²) in [5, 5.41) is 1.25. The van der Waals surface area contributed by atoms with Crippen LogP contribution in [0, 0.1) is 11.6 Å². The fourth-order valence-corrected chi connectivity index (χ4v) is 3.50. The van der Waals surface area contributed by atoms with E-state index in [0.717, 1.165) is 23.5 Å². The van der Waals surface area contributed by atoms with Crippen molar-refractivity contribution in [3.8, 4) is 0 Å². The van der Waals surface area contributed by atoms with E-state index >= 15 is 0 Å². The standard InChI is InChI=1S/C11H9F2N3O3S2/c1-5(17)7-4-20-11(15-7)16-21(18,19)8-3-2-6(12)10(14)9(8)13/h2-4H,14H2,1H3,(H,15,16). The van der Waals surface area contributed by atoms with Crippen molar-refractivity contribution in [1.82, 2.24) is 4.98 Å². The van der Waals surface area contributed by atoms with Crippen LogP contribution in [0.15, 0.2) is 22.4 Å². The maximum atomic E-state index is 13.7. The lowest BCUT2D eigenvalue weighted by Crippen LogP contribution is -2.16. The molecule has 0 aliphatic rings. The fourth-order valence-electron chi connectivity index (χ4n) is 1.41. The molecule has 1 heterocycles. The Bertz CT molecular complexity index is 818. The Balaban J connectivity index is 2.38. The smallest absolute Gasteiger partial charge is 0.266 e. The van der Waals surface area contributed by atoms with E-state index in [-0.39, 0.29) is 16.6 Å². The van der Waals surface area contributed by atoms with Crippen molar-refractivity contribution in [3.05, 3.63) is 34.8 Å². The maximum absolute atomic E-state index is 13.7. The molecule has 3 N–H and O–H groups in total. The van der Waals surface area contributed by atoms with Gasteiger partial charge in [-0.3, -0.25) is 9.52 Å². The van der Waals surface area contributed by atoms with Crippen LogP contribution in [0.1, 0.15) is 17.4 Å². The van der Waals surface area contributed by atoms with E-state index in [1.807, 2.05) is 4.72 Å². The molecule has 1 aromatic carbocycles. The monoisotopic (exact) mass is 333 g/mol. The summed E-state index contributed by atoms with van der Waals surface area (Å²) in [6, 6.07) is 1.50. The van der Waals surface area contributed by atoms with Crippen LogP contribution in [0.25, 0.3) is 0 Å². The molecular weight excluding hydrogens is 324 g/mol. The van der Waals surface area contributed by atoms with E-state index < -0.39 is 32.2 Å². The topological polar surface area (TPSA) is 102 Å². The molecule has 0 fully saturated rings. The highest BCUT2D eigenvalue weighted by Crippen LogP contribution is 2.26. The lowest BCUT2D eigenvalue weighted by molar-refractivity contribution is 0.101. The van der Waals surface area contributed by atoms with Gasteiger partial charge in [0.05, 0.1) is 0 Å². The summed E-state index contributed by atoms with van der Waals surface area (Å²) in [6.45, 7) is 1.27. The molecule has 0 bridgehead atoms. The Morgan fingerprint density at radius 2 is 2.05 bits per heavy atom. The number of thiazole rings is 1. The number of hydrogen-bond donors (Lipinski definition) is 2. The SMILES string of the molecule is CC(=O)c1csc(NS(=O)(=O)c2ccc(F)c(N)c2F)n1. The van der Waals surface area contributed by atoms with Gasteiger partial charge in [0.1, 0.15) is 22.1 Å². The second-order valence-corrected chi connectivity index (χ2v) is 6.48. The van der Waals surface area contributed by atoms with Gasteiger partial charge < -0.3 is 5.73 Å². The molecule has 0 aliphatic carbocycles. The largest absolute Gasteiger partial charge is 0.394 e. The summed E-state index contributed by atoms with van der Waals surface area (Å²) in [6.07, 6.45) is 0. The van der Waals surface area contributed by atoms with E-state index in [9.17, 15) is 22.0 Å². The van der Waals surface area contributed by atoms with Gasteiger partial charge in [-0.15, -0.1) is 11.3 Å². The number of ketones is 1. The molecule has 6 nitrogen and oxygen atoms in total. The zero-order valence-corrected chi connectivity index (χ0v) is 12.2. The number of sulfonamides is 1. The number of hydrogen-bond acceptors (Lipinski definition) is 6. The number of carbonyl (C=O) groups excluding carboxylic acids is 1. The maximum Gasteiger partial charge on any atom is 0.266 e. The third-order valence-corrected chi connectivity index (χ3v) is 4.71. The van der Waals surface area contributed by atoms with E-state index in [2.05, 4.69) is 4.98 Å². The summed E-state index contributed by atoms with van der Waals surface area (Å²) in [5.41, 5.74) is 4.31. The van der Waals surface area contributed by atoms with Gasteiger partial charge in [0.15, 0.2) is 16.7 Å². The lowest BCUT2D eigenvalue weighted by Gasteiger charge is -2.08. The molecule has 0 radical (unpaired) electrons. The number of benzene rings is 1. The first kappa shape index (κ1) is 15.3. The molecule has 10 heteroatoms. The van der Waals surface area contributed by atoms with Gasteiger partial charge in [-0.25, -0.2) is 22.2 Å². The molecular formula is C11H9F2N3O3S2. The molecule has 0 amide bonds. The van der Waals surface area contributed by atoms with E-state index in [1.54, 1.807) is 0 Å². The summed E-state index contributed by atoms with van der Waals surface area (Å²) < 4.78 is 52.8. The van der Waals surface area contributed by atoms with Crippen LogP contribution in [-0.4, -0.2) is 19.2 Å². The molecule has 0 unspecified atom stereocenters. The fraction of sp³-hybridized carbons (Fsp3) is 0.0909. The van der Waals surface area contributed by atoms with Gasteiger partial charge in [-0.2, -0.15) is 0 Å². The highest BCUT2D eigenvalue weighted by Gasteiger charge is 2.24. The second-order valence-electron chi connectivity index (χ2n) is 3.97. The lowest BCUT2D eigenvalue weighted by atomic mass is 10.3. The molecule has 112 valence electrons. The van der Waals surface area contributed by atoms with Crippen LogP contribution in [0.5, 0.6) is 0 Å². The Morgan fingerprint density at radius 1 is 1.38 bits per heavy atom. The van der Waals surface area contributed by atoms with Crippen LogP contribution in [0.4, 0.5) is 19.6 Å². The van der Waals surface area contributed by atoms with Crippen molar-refractivity contribution >= 4 is 38.0 Å². The normalized spacial score (nSPS) is 11.4. The molecule has 0 atom stereocenters. The van der Waals surface area contributed by atoms with Crippen LogP contribution in [0.3, 0.4) is 0 Å². The number of halogens is 2. The second kappa shape index (κ2) is 5.37. The Hall–Kier alpha value is -2.07. The number of aromatic nitrogens is 1. The van der Waals surface area contributed by atoms with Crippen LogP contribution in [0.2, 0.25) is 0 Å². The summed E-state index contributed by atoms with van der Waals surface area (Å²) in [5.74, 6) is -2.78. The average molecular weight is 333 g/mol. The average Bonchev–Trinajstić information content (AvgIpc) is 2.83. The van der Waals surface area contributed by atoms with E-state index in [4.69, 9.17) is 5.73 Å². The molecule has 21 heavy (non-hydrogen) atoms. The Morgan fingerprint density at radius 3 is 2.62 bits per heavy atom. The van der Waals surface area contributed by atoms with Gasteiger partial charge in [0.2, 0.25) is 0 Å². The van der Waals surface area contributed by atoms with Gasteiger partial charge in [0, 0.05) is 12.3 Å². The third kappa shape index (κ3) is 3.00. The number of nitrogens with one attached hydrogen (secondary N) is 1. The summed E-state index contributed by atoms with van der Waals surface area (Å²) >= 11 is 0.863. The minimum atomic E-state index is -4.33. The van der Waals surface area contributed by atoms with Crippen molar-refractivity contribution in [1.29, 1.82) is 0 Å². The highest BCUT2D eigenvalue weighted by molar-refractivity contribution is 7.93. The van der Waals surface area contributed by atoms with Crippen molar-refractivity contribution in [3.63, 3.8) is 0 Å². The minimum absolute atomic E-state index is 0.0804. The van der Waals surface area contributed by atoms with Crippen LogP contribution >= 0.6 is 11.3 Å². The van der Waals surface area contributed by atoms with Gasteiger partial charge >= 0.3 is 0 Å². The van der Waals surface area contributed by atoms with Gasteiger partial charge in [0.25, 0.3) is 10.0 Å². The number of nitrogens with two attached hydrogens (primary N) is 1. The number of anilines is 2. The van der Waals surface area contributed by atoms with Crippen molar-refractivity contribution < 1.29 is 22.0 Å². The third-order valence-electron chi connectivity index (χ3n) is 2.47. The van der Waals surface area contributed by atoms with Crippen molar-refractivity contribution in [2.24, 2.45) is 0 Å². The van der Waals surface area contributed by atoms with Crippen LogP contribution < -0.4 is 10.5 Å². The van der Waals surface area contributed by atoms with E-state index in [0.29, 0.717) is 0 Å². The predicted octanol–water partition coefficient (Wildman–Crippen LogP) is 2.01. The van der Waals surface area contributed by atoms with Crippen molar-refractivity contribution in [2.75, 3.05) is 10.5 Å². The zero-order valence-electron chi connectivity index (χ0n) is 10.6. The first-order valence-electron chi connectivity index (χ1n) is 5.45. The number of carbonyl (C=O) groups is 1. The van der Waals surface area contributed by atoms with Gasteiger partial charge in [-0.1, -0.05) is 0 Å². The Labute approximate surface area is 122 Å². The zero-order chi connectivity index (χ0) is 15.8. The molecule has 0 spiro atoms. The predicted molar refractivity (Wildman–Crippen MR) is 73.7 cm³/mol.